The molecule has 0 fully saturated rings. The molecule has 0 amide bonds. The zero-order valence-corrected chi connectivity index (χ0v) is 12.4. The maximum atomic E-state index is 5.90. The van der Waals surface area contributed by atoms with Crippen molar-refractivity contribution in [2.75, 3.05) is 0 Å². The summed E-state index contributed by atoms with van der Waals surface area (Å²) in [6, 6.07) is 7.92. The second kappa shape index (κ2) is 5.76. The third-order valence-electron chi connectivity index (χ3n) is 2.84. The van der Waals surface area contributed by atoms with Crippen molar-refractivity contribution < 1.29 is 0 Å². The highest BCUT2D eigenvalue weighted by atomic mass is 35.5. The smallest absolute Gasteiger partial charge is 0.122 e. The van der Waals surface area contributed by atoms with Crippen LogP contribution in [0.1, 0.15) is 32.2 Å². The van der Waals surface area contributed by atoms with Gasteiger partial charge in [-0.3, -0.25) is 0 Å². The van der Waals surface area contributed by atoms with Crippen molar-refractivity contribution in [1.82, 2.24) is 14.9 Å². The topological polar surface area (TPSA) is 29.9 Å². The third-order valence-corrected chi connectivity index (χ3v) is 3.10. The van der Waals surface area contributed by atoms with Gasteiger partial charge in [-0.25, -0.2) is 4.98 Å². The van der Waals surface area contributed by atoms with Crippen LogP contribution < -0.4 is 5.32 Å². The molecule has 3 nitrogen and oxygen atoms in total. The lowest BCUT2D eigenvalue weighted by atomic mass is 10.1. The van der Waals surface area contributed by atoms with Gasteiger partial charge in [-0.1, -0.05) is 23.7 Å². The Bertz CT molecular complexity index is 523. The molecule has 0 radical (unpaired) electrons. The average molecular weight is 278 g/mol. The lowest BCUT2D eigenvalue weighted by molar-refractivity contribution is 0.413. The summed E-state index contributed by atoms with van der Waals surface area (Å²) in [6.45, 7) is 8.04. The minimum atomic E-state index is 0.0943. The number of aromatic nitrogens is 2. The number of benzene rings is 1. The summed E-state index contributed by atoms with van der Waals surface area (Å²) in [7, 11) is 0. The molecule has 0 unspecified atom stereocenters. The lowest BCUT2D eigenvalue weighted by Gasteiger charge is -2.20. The largest absolute Gasteiger partial charge is 0.329 e. The fourth-order valence-electron chi connectivity index (χ4n) is 1.78. The first-order valence-corrected chi connectivity index (χ1v) is 6.81. The minimum absolute atomic E-state index is 0.0943. The molecule has 0 saturated heterocycles. The van der Waals surface area contributed by atoms with Crippen molar-refractivity contribution >= 4 is 11.6 Å². The molecule has 1 aromatic heterocycles. The molecule has 2 aromatic rings. The van der Waals surface area contributed by atoms with Crippen LogP contribution in [0.25, 0.3) is 0 Å². The van der Waals surface area contributed by atoms with E-state index in [2.05, 4.69) is 35.6 Å². The molecular formula is C15H20ClN3. The summed E-state index contributed by atoms with van der Waals surface area (Å²) in [4.78, 5) is 4.41. The Labute approximate surface area is 119 Å². The van der Waals surface area contributed by atoms with Crippen molar-refractivity contribution in [2.24, 2.45) is 0 Å². The molecular weight excluding hydrogens is 258 g/mol. The molecule has 0 saturated carbocycles. The molecule has 2 rings (SSSR count). The van der Waals surface area contributed by atoms with Gasteiger partial charge in [-0.2, -0.15) is 0 Å². The third kappa shape index (κ3) is 4.37. The van der Waals surface area contributed by atoms with E-state index in [-0.39, 0.29) is 5.54 Å². The summed E-state index contributed by atoms with van der Waals surface area (Å²) in [6.07, 6.45) is 3.85. The maximum absolute atomic E-state index is 5.90. The molecule has 0 aliphatic carbocycles. The van der Waals surface area contributed by atoms with E-state index < -0.39 is 0 Å². The van der Waals surface area contributed by atoms with E-state index >= 15 is 0 Å². The van der Waals surface area contributed by atoms with Gasteiger partial charge in [0.15, 0.2) is 0 Å². The summed E-state index contributed by atoms with van der Waals surface area (Å²) < 4.78 is 2.15. The second-order valence-corrected chi connectivity index (χ2v) is 6.14. The van der Waals surface area contributed by atoms with Crippen LogP contribution in [-0.2, 0) is 13.1 Å². The Kier molecular flexibility index (Phi) is 4.27. The first-order chi connectivity index (χ1) is 8.94. The van der Waals surface area contributed by atoms with E-state index in [0.717, 1.165) is 23.9 Å². The Morgan fingerprint density at radius 1 is 1.21 bits per heavy atom. The van der Waals surface area contributed by atoms with Crippen LogP contribution in [0.5, 0.6) is 0 Å². The van der Waals surface area contributed by atoms with E-state index in [1.807, 2.05) is 36.7 Å². The number of hydrogen-bond donors (Lipinski definition) is 1. The Hall–Kier alpha value is -1.32. The molecule has 1 N–H and O–H groups in total. The molecule has 0 bridgehead atoms. The quantitative estimate of drug-likeness (QED) is 0.927. The number of imidazole rings is 1. The van der Waals surface area contributed by atoms with E-state index in [1.165, 1.54) is 5.56 Å². The molecule has 102 valence electrons. The van der Waals surface area contributed by atoms with Crippen molar-refractivity contribution in [2.45, 2.75) is 39.4 Å². The van der Waals surface area contributed by atoms with Gasteiger partial charge in [0.25, 0.3) is 0 Å². The van der Waals surface area contributed by atoms with Gasteiger partial charge in [-0.05, 0) is 38.5 Å². The zero-order chi connectivity index (χ0) is 13.9. The number of nitrogens with one attached hydrogen (secondary N) is 1. The van der Waals surface area contributed by atoms with Gasteiger partial charge in [-0.15, -0.1) is 0 Å². The van der Waals surface area contributed by atoms with Crippen LogP contribution in [0.4, 0.5) is 0 Å². The maximum Gasteiger partial charge on any atom is 0.122 e. The van der Waals surface area contributed by atoms with Crippen molar-refractivity contribution in [3.63, 3.8) is 0 Å². The van der Waals surface area contributed by atoms with Crippen LogP contribution in [0.15, 0.2) is 36.7 Å². The lowest BCUT2D eigenvalue weighted by Crippen LogP contribution is -2.35. The van der Waals surface area contributed by atoms with Gasteiger partial charge >= 0.3 is 0 Å². The minimum Gasteiger partial charge on any atom is -0.329 e. The van der Waals surface area contributed by atoms with Crippen LogP contribution >= 0.6 is 11.6 Å². The highest BCUT2D eigenvalue weighted by Gasteiger charge is 2.11. The summed E-state index contributed by atoms with van der Waals surface area (Å²) in [5.41, 5.74) is 1.32. The van der Waals surface area contributed by atoms with Crippen LogP contribution in [0, 0.1) is 0 Å². The highest BCUT2D eigenvalue weighted by molar-refractivity contribution is 6.30. The van der Waals surface area contributed by atoms with Crippen molar-refractivity contribution in [3.8, 4) is 0 Å². The van der Waals surface area contributed by atoms with Crippen LogP contribution in [0.2, 0.25) is 5.02 Å². The Balaban J connectivity index is 2.05. The van der Waals surface area contributed by atoms with Gasteiger partial charge < -0.3 is 9.88 Å². The van der Waals surface area contributed by atoms with Gasteiger partial charge in [0.05, 0.1) is 6.54 Å². The summed E-state index contributed by atoms with van der Waals surface area (Å²) in [5, 5.41) is 4.22. The molecule has 4 heteroatoms. The van der Waals surface area contributed by atoms with Gasteiger partial charge in [0, 0.05) is 29.5 Å². The van der Waals surface area contributed by atoms with Crippen molar-refractivity contribution in [1.29, 1.82) is 0 Å². The average Bonchev–Trinajstić information content (AvgIpc) is 2.76. The number of rotatable bonds is 4. The molecule has 1 heterocycles. The summed E-state index contributed by atoms with van der Waals surface area (Å²) >= 11 is 5.90. The monoisotopic (exact) mass is 277 g/mol. The highest BCUT2D eigenvalue weighted by Crippen LogP contribution is 2.12. The predicted molar refractivity (Wildman–Crippen MR) is 79.4 cm³/mol. The summed E-state index contributed by atoms with van der Waals surface area (Å²) in [5.74, 6) is 1.05. The fourth-order valence-corrected chi connectivity index (χ4v) is 1.91. The Morgan fingerprint density at radius 3 is 2.53 bits per heavy atom. The molecule has 0 aliphatic rings. The van der Waals surface area contributed by atoms with E-state index in [4.69, 9.17) is 11.6 Å². The Morgan fingerprint density at radius 2 is 1.89 bits per heavy atom. The number of hydrogen-bond acceptors (Lipinski definition) is 2. The molecule has 1 aromatic carbocycles. The molecule has 19 heavy (non-hydrogen) atoms. The van der Waals surface area contributed by atoms with Gasteiger partial charge in [0.2, 0.25) is 0 Å². The standard InChI is InChI=1S/C15H20ClN3/c1-15(2,3)18-10-14-17-8-9-19(14)11-12-4-6-13(16)7-5-12/h4-9,18H,10-11H2,1-3H3. The number of nitrogens with zero attached hydrogens (tertiary/aromatic N) is 2. The second-order valence-electron chi connectivity index (χ2n) is 5.70. The SMILES string of the molecule is CC(C)(C)NCc1nccn1Cc1ccc(Cl)cc1. The van der Waals surface area contributed by atoms with E-state index in [9.17, 15) is 0 Å². The van der Waals surface area contributed by atoms with Gasteiger partial charge in [0.1, 0.15) is 5.82 Å². The van der Waals surface area contributed by atoms with Crippen LogP contribution in [-0.4, -0.2) is 15.1 Å². The number of halogens is 1. The molecule has 0 aliphatic heterocycles. The molecule has 0 spiro atoms. The van der Waals surface area contributed by atoms with Crippen LogP contribution in [0.3, 0.4) is 0 Å². The first kappa shape index (κ1) is 14.1. The van der Waals surface area contributed by atoms with Crippen molar-refractivity contribution in [3.05, 3.63) is 53.1 Å². The zero-order valence-electron chi connectivity index (χ0n) is 11.7. The molecule has 0 atom stereocenters. The normalized spacial score (nSPS) is 11.8. The van der Waals surface area contributed by atoms with E-state index in [0.29, 0.717) is 0 Å². The van der Waals surface area contributed by atoms with E-state index in [1.54, 1.807) is 0 Å². The first-order valence-electron chi connectivity index (χ1n) is 6.43. The fraction of sp³-hybridized carbons (Fsp3) is 0.400. The predicted octanol–water partition coefficient (Wildman–Crippen LogP) is 3.47.